The highest BCUT2D eigenvalue weighted by Gasteiger charge is 2.26. The van der Waals surface area contributed by atoms with Gasteiger partial charge in [-0.3, -0.25) is 4.90 Å². The molecule has 6 heteroatoms. The van der Waals surface area contributed by atoms with Crippen LogP contribution < -0.4 is 5.32 Å². The van der Waals surface area contributed by atoms with E-state index in [9.17, 15) is 0 Å². The van der Waals surface area contributed by atoms with E-state index in [1.54, 1.807) is 0 Å². The lowest BCUT2D eigenvalue weighted by molar-refractivity contribution is 0.0844. The smallest absolute Gasteiger partial charge is 0.157 e. The minimum Gasteiger partial charge on any atom is -0.381 e. The average molecular weight is 384 g/mol. The maximum atomic E-state index is 5.55. The third-order valence-corrected chi connectivity index (χ3v) is 6.95. The molecule has 4 heterocycles. The Hall–Kier alpha value is -1.66. The number of rotatable bonds is 5. The van der Waals surface area contributed by atoms with Crippen LogP contribution >= 0.6 is 0 Å². The zero-order valence-electron chi connectivity index (χ0n) is 17.1. The number of aromatic nitrogens is 3. The van der Waals surface area contributed by atoms with Gasteiger partial charge in [0.1, 0.15) is 5.82 Å². The molecule has 2 fully saturated rings. The monoisotopic (exact) mass is 383 g/mol. The summed E-state index contributed by atoms with van der Waals surface area (Å²) in [6, 6.07) is 2.86. The van der Waals surface area contributed by atoms with E-state index in [4.69, 9.17) is 14.8 Å². The molecule has 6 nitrogen and oxygen atoms in total. The van der Waals surface area contributed by atoms with E-state index in [0.29, 0.717) is 12.0 Å². The molecule has 0 spiro atoms. The molecule has 152 valence electrons. The topological polar surface area (TPSA) is 54.7 Å². The Morgan fingerprint density at radius 3 is 2.86 bits per heavy atom. The van der Waals surface area contributed by atoms with Crippen molar-refractivity contribution in [3.63, 3.8) is 0 Å². The van der Waals surface area contributed by atoms with Gasteiger partial charge in [0.2, 0.25) is 0 Å². The van der Waals surface area contributed by atoms with Crippen LogP contribution in [0.4, 0.5) is 5.82 Å². The van der Waals surface area contributed by atoms with Crippen LogP contribution in [0.2, 0.25) is 0 Å². The number of likely N-dealkylation sites (tertiary alicyclic amines) is 1. The summed E-state index contributed by atoms with van der Waals surface area (Å²) in [7, 11) is 0. The van der Waals surface area contributed by atoms with Gasteiger partial charge in [-0.25, -0.2) is 4.98 Å². The van der Waals surface area contributed by atoms with Crippen molar-refractivity contribution in [3.8, 4) is 0 Å². The molecule has 2 aromatic rings. The predicted molar refractivity (Wildman–Crippen MR) is 111 cm³/mol. The Morgan fingerprint density at radius 2 is 2.00 bits per heavy atom. The summed E-state index contributed by atoms with van der Waals surface area (Å²) < 4.78 is 7.66. The summed E-state index contributed by atoms with van der Waals surface area (Å²) in [5.74, 6) is 1.71. The molecule has 1 aliphatic carbocycles. The zero-order valence-corrected chi connectivity index (χ0v) is 17.1. The number of anilines is 1. The average Bonchev–Trinajstić information content (AvgIpc) is 3.38. The van der Waals surface area contributed by atoms with Crippen LogP contribution in [-0.2, 0) is 17.6 Å². The van der Waals surface area contributed by atoms with Crippen LogP contribution in [0, 0.1) is 0 Å². The van der Waals surface area contributed by atoms with E-state index >= 15 is 0 Å². The van der Waals surface area contributed by atoms with Crippen molar-refractivity contribution in [1.29, 1.82) is 0 Å². The maximum absolute atomic E-state index is 5.55. The second kappa shape index (κ2) is 7.99. The van der Waals surface area contributed by atoms with Crippen LogP contribution in [0.3, 0.4) is 0 Å². The molecule has 1 N–H and O–H groups in total. The van der Waals surface area contributed by atoms with Gasteiger partial charge in [-0.1, -0.05) is 6.92 Å². The van der Waals surface area contributed by atoms with Gasteiger partial charge in [0, 0.05) is 49.0 Å². The quantitative estimate of drug-likeness (QED) is 0.858. The number of aryl methyl sites for hydroxylation is 1. The number of fused-ring (bicyclic) bond motifs is 2. The maximum Gasteiger partial charge on any atom is 0.157 e. The highest BCUT2D eigenvalue weighted by Crippen LogP contribution is 2.31. The third kappa shape index (κ3) is 3.41. The van der Waals surface area contributed by atoms with Crippen LogP contribution in [0.15, 0.2) is 6.07 Å². The van der Waals surface area contributed by atoms with Gasteiger partial charge in [0.25, 0.3) is 0 Å². The Morgan fingerprint density at radius 1 is 1.14 bits per heavy atom. The van der Waals surface area contributed by atoms with Crippen molar-refractivity contribution in [2.24, 2.45) is 0 Å². The first-order valence-electron chi connectivity index (χ1n) is 11.3. The van der Waals surface area contributed by atoms with Gasteiger partial charge < -0.3 is 10.1 Å². The molecule has 3 aliphatic rings. The fourth-order valence-electron chi connectivity index (χ4n) is 5.30. The fourth-order valence-corrected chi connectivity index (χ4v) is 5.30. The molecule has 2 aromatic heterocycles. The van der Waals surface area contributed by atoms with Crippen LogP contribution in [0.5, 0.6) is 0 Å². The van der Waals surface area contributed by atoms with Gasteiger partial charge in [-0.2, -0.15) is 9.61 Å². The van der Waals surface area contributed by atoms with Gasteiger partial charge in [0.15, 0.2) is 5.65 Å². The SMILES string of the molecule is CCN1CCC[C@@H]1CNc1c2c(nc3cc(C4CCOCC4)nn13)CCCC2. The number of hydrogen-bond acceptors (Lipinski definition) is 5. The molecule has 2 saturated heterocycles. The fraction of sp³-hybridized carbons (Fsp3) is 0.727. The number of nitrogens with zero attached hydrogens (tertiary/aromatic N) is 4. The first kappa shape index (κ1) is 18.4. The Kier molecular flexibility index (Phi) is 5.24. The minimum atomic E-state index is 0.505. The van der Waals surface area contributed by atoms with E-state index in [-0.39, 0.29) is 0 Å². The summed E-state index contributed by atoms with van der Waals surface area (Å²) in [5.41, 5.74) is 4.90. The van der Waals surface area contributed by atoms with E-state index in [1.807, 2.05) is 0 Å². The molecule has 0 bridgehead atoms. The molecule has 0 amide bonds. The normalized spacial score (nSPS) is 24.0. The Labute approximate surface area is 167 Å². The summed E-state index contributed by atoms with van der Waals surface area (Å²) in [5, 5.41) is 8.88. The summed E-state index contributed by atoms with van der Waals surface area (Å²) in [4.78, 5) is 7.63. The highest BCUT2D eigenvalue weighted by molar-refractivity contribution is 5.57. The lowest BCUT2D eigenvalue weighted by Gasteiger charge is -2.25. The zero-order chi connectivity index (χ0) is 18.9. The molecule has 28 heavy (non-hydrogen) atoms. The second-order valence-electron chi connectivity index (χ2n) is 8.62. The second-order valence-corrected chi connectivity index (χ2v) is 8.62. The van der Waals surface area contributed by atoms with Gasteiger partial charge in [-0.05, 0) is 64.5 Å². The standard InChI is InChI=1S/C22H33N5O/c1-2-26-11-5-6-17(26)15-23-22-18-7-3-4-8-19(18)24-21-14-20(25-27(21)22)16-9-12-28-13-10-16/h14,16-17,23H,2-13,15H2,1H3/t17-/m1/s1. The van der Waals surface area contributed by atoms with E-state index in [2.05, 4.69) is 27.7 Å². The van der Waals surface area contributed by atoms with E-state index in [0.717, 1.165) is 57.6 Å². The lowest BCUT2D eigenvalue weighted by atomic mass is 9.96. The Bertz CT molecular complexity index is 826. The molecule has 0 saturated carbocycles. The van der Waals surface area contributed by atoms with Crippen molar-refractivity contribution < 1.29 is 4.74 Å². The van der Waals surface area contributed by atoms with E-state index in [1.165, 1.54) is 55.0 Å². The first-order valence-corrected chi connectivity index (χ1v) is 11.3. The van der Waals surface area contributed by atoms with Crippen LogP contribution in [0.1, 0.15) is 68.3 Å². The molecule has 0 unspecified atom stereocenters. The minimum absolute atomic E-state index is 0.505. The van der Waals surface area contributed by atoms with Crippen LogP contribution in [0.25, 0.3) is 5.65 Å². The number of ether oxygens (including phenoxy) is 1. The van der Waals surface area contributed by atoms with Crippen molar-refractivity contribution in [2.75, 3.05) is 38.2 Å². The van der Waals surface area contributed by atoms with Crippen LogP contribution in [-0.4, -0.2) is 58.4 Å². The molecule has 2 aliphatic heterocycles. The molecule has 5 rings (SSSR count). The summed E-state index contributed by atoms with van der Waals surface area (Å²) >= 11 is 0. The first-order chi connectivity index (χ1) is 13.8. The van der Waals surface area contributed by atoms with Crippen molar-refractivity contribution in [2.45, 2.75) is 70.3 Å². The number of likely N-dealkylation sites (N-methyl/N-ethyl adjacent to an activating group) is 1. The number of hydrogen-bond donors (Lipinski definition) is 1. The highest BCUT2D eigenvalue weighted by atomic mass is 16.5. The molecule has 1 atom stereocenters. The van der Waals surface area contributed by atoms with Gasteiger partial charge in [-0.15, -0.1) is 0 Å². The van der Waals surface area contributed by atoms with E-state index < -0.39 is 0 Å². The molecular formula is C22H33N5O. The lowest BCUT2D eigenvalue weighted by Crippen LogP contribution is -2.35. The molecular weight excluding hydrogens is 350 g/mol. The predicted octanol–water partition coefficient (Wildman–Crippen LogP) is 3.40. The summed E-state index contributed by atoms with van der Waals surface area (Å²) in [6.45, 7) is 7.36. The van der Waals surface area contributed by atoms with Crippen molar-refractivity contribution in [1.82, 2.24) is 19.5 Å². The molecule has 0 radical (unpaired) electrons. The van der Waals surface area contributed by atoms with Crippen molar-refractivity contribution >= 4 is 11.5 Å². The van der Waals surface area contributed by atoms with Gasteiger partial charge >= 0.3 is 0 Å². The Balaban J connectivity index is 1.48. The van der Waals surface area contributed by atoms with Crippen molar-refractivity contribution in [3.05, 3.63) is 23.0 Å². The third-order valence-electron chi connectivity index (χ3n) is 6.95. The number of nitrogens with one attached hydrogen (secondary N) is 1. The largest absolute Gasteiger partial charge is 0.381 e. The summed E-state index contributed by atoms with van der Waals surface area (Å²) in [6.07, 6.45) is 9.48. The molecule has 0 aromatic carbocycles. The van der Waals surface area contributed by atoms with Gasteiger partial charge in [0.05, 0.1) is 5.69 Å².